The lowest BCUT2D eigenvalue weighted by Crippen LogP contribution is -2.19. The van der Waals surface area contributed by atoms with Crippen molar-refractivity contribution in [2.75, 3.05) is 0 Å². The quantitative estimate of drug-likeness (QED) is 0.884. The van der Waals surface area contributed by atoms with E-state index in [1.54, 1.807) is 19.9 Å². The molecule has 1 aromatic carbocycles. The molecule has 0 saturated carbocycles. The van der Waals surface area contributed by atoms with Gasteiger partial charge in [0.2, 0.25) is 5.91 Å². The molecule has 0 aliphatic heterocycles. The molecule has 0 heterocycles. The molecule has 1 rings (SSSR count). The number of carbonyl (C=O) groups excluding carboxylic acids is 1. The maximum absolute atomic E-state index is 12.9. The Morgan fingerprint density at radius 2 is 1.94 bits per heavy atom. The number of hydrogen-bond acceptors (Lipinski definition) is 1. The van der Waals surface area contributed by atoms with E-state index in [4.69, 9.17) is 0 Å². The average molecular weight is 259 g/mol. The van der Waals surface area contributed by atoms with E-state index in [-0.39, 0.29) is 23.9 Å². The summed E-state index contributed by atoms with van der Waals surface area (Å²) >= 11 is 0. The molecule has 0 radical (unpaired) electrons. The summed E-state index contributed by atoms with van der Waals surface area (Å²) in [6.45, 7) is 4.88. The van der Waals surface area contributed by atoms with Crippen molar-refractivity contribution in [2.24, 2.45) is 0 Å². The van der Waals surface area contributed by atoms with Gasteiger partial charge in [-0.3, -0.25) is 4.79 Å². The Balaban J connectivity index is 3.10. The topological polar surface area (TPSA) is 29.1 Å². The van der Waals surface area contributed by atoms with Crippen LogP contribution in [0.4, 0.5) is 13.2 Å². The SMILES string of the molecule is CC(=O)NCc1ccc(C(C)C)c(C(F)(F)F)c1. The smallest absolute Gasteiger partial charge is 0.352 e. The van der Waals surface area contributed by atoms with Gasteiger partial charge in [0.25, 0.3) is 0 Å². The summed E-state index contributed by atoms with van der Waals surface area (Å²) in [4.78, 5) is 10.7. The molecule has 1 amide bonds. The first-order valence-corrected chi connectivity index (χ1v) is 5.66. The van der Waals surface area contributed by atoms with Crippen LogP contribution in [0.1, 0.15) is 43.4 Å². The van der Waals surface area contributed by atoms with Crippen molar-refractivity contribution >= 4 is 5.91 Å². The minimum Gasteiger partial charge on any atom is -0.352 e. The fraction of sp³-hybridized carbons (Fsp3) is 0.462. The number of halogens is 3. The normalized spacial score (nSPS) is 11.7. The first-order valence-electron chi connectivity index (χ1n) is 5.66. The average Bonchev–Trinajstić information content (AvgIpc) is 2.24. The van der Waals surface area contributed by atoms with E-state index in [2.05, 4.69) is 5.32 Å². The summed E-state index contributed by atoms with van der Waals surface area (Å²) in [5, 5.41) is 2.48. The fourth-order valence-corrected chi connectivity index (χ4v) is 1.69. The monoisotopic (exact) mass is 259 g/mol. The molecule has 0 atom stereocenters. The summed E-state index contributed by atoms with van der Waals surface area (Å²) in [7, 11) is 0. The van der Waals surface area contributed by atoms with E-state index in [0.29, 0.717) is 5.56 Å². The van der Waals surface area contributed by atoms with Crippen molar-refractivity contribution < 1.29 is 18.0 Å². The Bertz CT molecular complexity index is 438. The van der Waals surface area contributed by atoms with Crippen molar-refractivity contribution in [2.45, 2.75) is 39.4 Å². The summed E-state index contributed by atoms with van der Waals surface area (Å²) in [6.07, 6.45) is -4.37. The molecule has 0 aliphatic rings. The Morgan fingerprint density at radius 3 is 2.39 bits per heavy atom. The van der Waals surface area contributed by atoms with Crippen LogP contribution in [0, 0.1) is 0 Å². The lowest BCUT2D eigenvalue weighted by molar-refractivity contribution is -0.138. The van der Waals surface area contributed by atoms with Crippen molar-refractivity contribution in [1.29, 1.82) is 0 Å². The summed E-state index contributed by atoms with van der Waals surface area (Å²) < 4.78 is 38.7. The Kier molecular flexibility index (Phi) is 4.38. The minimum absolute atomic E-state index is 0.108. The van der Waals surface area contributed by atoms with Crippen LogP contribution < -0.4 is 5.32 Å². The lowest BCUT2D eigenvalue weighted by Gasteiger charge is -2.17. The van der Waals surface area contributed by atoms with Crippen LogP contribution in [-0.2, 0) is 17.5 Å². The predicted octanol–water partition coefficient (Wildman–Crippen LogP) is 3.46. The van der Waals surface area contributed by atoms with Crippen LogP contribution in [0.25, 0.3) is 0 Å². The van der Waals surface area contributed by atoms with Crippen molar-refractivity contribution in [3.8, 4) is 0 Å². The van der Waals surface area contributed by atoms with E-state index >= 15 is 0 Å². The van der Waals surface area contributed by atoms with Gasteiger partial charge in [-0.1, -0.05) is 26.0 Å². The van der Waals surface area contributed by atoms with Crippen LogP contribution in [-0.4, -0.2) is 5.91 Å². The van der Waals surface area contributed by atoms with E-state index in [9.17, 15) is 18.0 Å². The molecule has 0 bridgehead atoms. The summed E-state index contributed by atoms with van der Waals surface area (Å²) in [5.41, 5.74) is 0.0938. The second kappa shape index (κ2) is 5.42. The van der Waals surface area contributed by atoms with Crippen LogP contribution in [0.3, 0.4) is 0 Å². The highest BCUT2D eigenvalue weighted by molar-refractivity contribution is 5.72. The number of nitrogens with one attached hydrogen (secondary N) is 1. The first kappa shape index (κ1) is 14.5. The van der Waals surface area contributed by atoms with Gasteiger partial charge < -0.3 is 5.32 Å². The second-order valence-electron chi connectivity index (χ2n) is 4.48. The van der Waals surface area contributed by atoms with Gasteiger partial charge in [0, 0.05) is 13.5 Å². The zero-order valence-corrected chi connectivity index (χ0v) is 10.6. The van der Waals surface area contributed by atoms with Crippen LogP contribution in [0.15, 0.2) is 18.2 Å². The van der Waals surface area contributed by atoms with Gasteiger partial charge in [-0.25, -0.2) is 0 Å². The zero-order valence-electron chi connectivity index (χ0n) is 10.6. The van der Waals surface area contributed by atoms with Crippen molar-refractivity contribution in [1.82, 2.24) is 5.32 Å². The number of alkyl halides is 3. The standard InChI is InChI=1S/C13H16F3NO/c1-8(2)11-5-4-10(7-17-9(3)18)6-12(11)13(14,15)16/h4-6,8H,7H2,1-3H3,(H,17,18). The van der Waals surface area contributed by atoms with E-state index in [1.807, 2.05) is 0 Å². The third-order valence-corrected chi connectivity index (χ3v) is 2.59. The highest BCUT2D eigenvalue weighted by Crippen LogP contribution is 2.35. The van der Waals surface area contributed by atoms with Gasteiger partial charge in [0.15, 0.2) is 0 Å². The number of carbonyl (C=O) groups is 1. The van der Waals surface area contributed by atoms with Gasteiger partial charge in [-0.2, -0.15) is 13.2 Å². The highest BCUT2D eigenvalue weighted by atomic mass is 19.4. The molecule has 0 aromatic heterocycles. The van der Waals surface area contributed by atoms with Crippen molar-refractivity contribution in [3.63, 3.8) is 0 Å². The molecule has 0 fully saturated rings. The Labute approximate surface area is 104 Å². The van der Waals surface area contributed by atoms with E-state index < -0.39 is 11.7 Å². The molecule has 0 unspecified atom stereocenters. The third kappa shape index (κ3) is 3.75. The molecular formula is C13H16F3NO. The Morgan fingerprint density at radius 1 is 1.33 bits per heavy atom. The molecule has 2 nitrogen and oxygen atoms in total. The molecule has 0 saturated heterocycles. The van der Waals surface area contributed by atoms with Crippen LogP contribution >= 0.6 is 0 Å². The maximum Gasteiger partial charge on any atom is 0.416 e. The molecule has 5 heteroatoms. The van der Waals surface area contributed by atoms with E-state index in [1.165, 1.54) is 13.0 Å². The molecule has 0 spiro atoms. The molecule has 1 N–H and O–H groups in total. The fourth-order valence-electron chi connectivity index (χ4n) is 1.69. The zero-order chi connectivity index (χ0) is 13.9. The molecule has 1 aromatic rings. The summed E-state index contributed by atoms with van der Waals surface area (Å²) in [6, 6.07) is 4.19. The van der Waals surface area contributed by atoms with Crippen molar-refractivity contribution in [3.05, 3.63) is 34.9 Å². The Hall–Kier alpha value is -1.52. The van der Waals surface area contributed by atoms with Gasteiger partial charge in [-0.05, 0) is 23.1 Å². The van der Waals surface area contributed by atoms with Gasteiger partial charge in [0.05, 0.1) is 5.56 Å². The largest absolute Gasteiger partial charge is 0.416 e. The molecular weight excluding hydrogens is 243 g/mol. The molecule has 0 aliphatic carbocycles. The third-order valence-electron chi connectivity index (χ3n) is 2.59. The summed E-state index contributed by atoms with van der Waals surface area (Å²) in [5.74, 6) is -0.465. The number of amides is 1. The number of hydrogen-bond donors (Lipinski definition) is 1. The molecule has 100 valence electrons. The van der Waals surface area contributed by atoms with Gasteiger partial charge in [0.1, 0.15) is 0 Å². The molecule has 18 heavy (non-hydrogen) atoms. The van der Waals surface area contributed by atoms with Crippen LogP contribution in [0.2, 0.25) is 0 Å². The lowest BCUT2D eigenvalue weighted by atomic mass is 9.95. The number of rotatable bonds is 3. The minimum atomic E-state index is -4.37. The van der Waals surface area contributed by atoms with Gasteiger partial charge in [-0.15, -0.1) is 0 Å². The van der Waals surface area contributed by atoms with E-state index in [0.717, 1.165) is 6.07 Å². The highest BCUT2D eigenvalue weighted by Gasteiger charge is 2.34. The second-order valence-corrected chi connectivity index (χ2v) is 4.48. The van der Waals surface area contributed by atoms with Gasteiger partial charge >= 0.3 is 6.18 Å². The number of benzene rings is 1. The predicted molar refractivity (Wildman–Crippen MR) is 63.1 cm³/mol. The first-order chi connectivity index (χ1) is 8.21. The van der Waals surface area contributed by atoms with Crippen LogP contribution in [0.5, 0.6) is 0 Å². The maximum atomic E-state index is 12.9.